The Hall–Kier alpha value is -4.71. The molecule has 2 heterocycles. The predicted molar refractivity (Wildman–Crippen MR) is 170 cm³/mol. The molecule has 3 atom stereocenters. The van der Waals surface area contributed by atoms with Crippen LogP contribution in [0.25, 0.3) is 10.9 Å². The summed E-state index contributed by atoms with van der Waals surface area (Å²) in [5, 5.41) is 9.01. The molecule has 3 amide bonds. The standard InChI is InChI=1S/C34H42N4O8/c1-19(2)14-26(38-33(42)27-16-23-24(36-27)10-7-11-29(23)45-5)32(41)37-25(15-21-12-13-35-31(21)40)28(39)18-46-34(43)30-20(3)8-6-9-22(30)17-44-4/h6-11,16,19,21,25-26,36H,12-15,17-18H2,1-5H3,(H,35,40)(H,37,41)(H,38,42)/t21-,25-,26-/m0/s1. The van der Waals surface area contributed by atoms with Crippen molar-refractivity contribution in [1.82, 2.24) is 20.9 Å². The minimum Gasteiger partial charge on any atom is -0.496 e. The molecule has 0 radical (unpaired) electrons. The normalized spacial score (nSPS) is 15.7. The molecule has 4 rings (SSSR count). The number of carbonyl (C=O) groups is 5. The van der Waals surface area contributed by atoms with Gasteiger partial charge in [0, 0.05) is 30.5 Å². The van der Waals surface area contributed by atoms with Crippen molar-refractivity contribution in [2.24, 2.45) is 11.8 Å². The summed E-state index contributed by atoms with van der Waals surface area (Å²) < 4.78 is 16.0. The number of benzene rings is 2. The third-order valence-corrected chi connectivity index (χ3v) is 8.01. The lowest BCUT2D eigenvalue weighted by Crippen LogP contribution is -2.53. The Morgan fingerprint density at radius 1 is 1.02 bits per heavy atom. The summed E-state index contributed by atoms with van der Waals surface area (Å²) in [5.74, 6) is -2.45. The van der Waals surface area contributed by atoms with Crippen molar-refractivity contribution in [2.75, 3.05) is 27.4 Å². The molecule has 4 N–H and O–H groups in total. The molecule has 1 saturated heterocycles. The van der Waals surface area contributed by atoms with Gasteiger partial charge in [0.15, 0.2) is 12.4 Å². The number of Topliss-reactive ketones (excluding diaryl/α,β-unsaturated/α-hetero) is 1. The van der Waals surface area contributed by atoms with E-state index in [9.17, 15) is 24.0 Å². The molecule has 0 saturated carbocycles. The summed E-state index contributed by atoms with van der Waals surface area (Å²) in [5.41, 5.74) is 2.53. The molecule has 2 aromatic carbocycles. The molecular formula is C34H42N4O8. The number of aromatic nitrogens is 1. The Morgan fingerprint density at radius 3 is 2.46 bits per heavy atom. The Balaban J connectivity index is 1.50. The van der Waals surface area contributed by atoms with Gasteiger partial charge < -0.3 is 35.1 Å². The topological polar surface area (TPSA) is 165 Å². The fourth-order valence-corrected chi connectivity index (χ4v) is 5.67. The van der Waals surface area contributed by atoms with E-state index in [1.807, 2.05) is 19.9 Å². The van der Waals surface area contributed by atoms with E-state index in [-0.39, 0.29) is 37.0 Å². The number of amides is 3. The summed E-state index contributed by atoms with van der Waals surface area (Å²) in [7, 11) is 3.06. The lowest BCUT2D eigenvalue weighted by Gasteiger charge is -2.25. The zero-order chi connectivity index (χ0) is 33.4. The molecule has 12 heteroatoms. The number of methoxy groups -OCH3 is 2. The third kappa shape index (κ3) is 8.30. The second-order valence-electron chi connectivity index (χ2n) is 11.9. The van der Waals surface area contributed by atoms with Gasteiger partial charge >= 0.3 is 5.97 Å². The average molecular weight is 635 g/mol. The minimum absolute atomic E-state index is 0.0185. The molecule has 3 aromatic rings. The van der Waals surface area contributed by atoms with E-state index in [0.717, 1.165) is 5.39 Å². The van der Waals surface area contributed by atoms with E-state index < -0.39 is 48.2 Å². The smallest absolute Gasteiger partial charge is 0.339 e. The number of ether oxygens (including phenoxy) is 3. The fraction of sp³-hybridized carbons (Fsp3) is 0.441. The van der Waals surface area contributed by atoms with Crippen molar-refractivity contribution in [3.05, 3.63) is 64.8 Å². The highest BCUT2D eigenvalue weighted by atomic mass is 16.5. The second kappa shape index (κ2) is 15.5. The first-order valence-corrected chi connectivity index (χ1v) is 15.3. The van der Waals surface area contributed by atoms with Crippen LogP contribution in [0, 0.1) is 18.8 Å². The van der Waals surface area contributed by atoms with E-state index in [1.54, 1.807) is 50.4 Å². The van der Waals surface area contributed by atoms with Crippen molar-refractivity contribution in [3.8, 4) is 5.75 Å². The molecule has 1 aliphatic heterocycles. The Kier molecular flexibility index (Phi) is 11.5. The highest BCUT2D eigenvalue weighted by Gasteiger charge is 2.34. The maximum Gasteiger partial charge on any atom is 0.339 e. The number of esters is 1. The molecule has 12 nitrogen and oxygen atoms in total. The van der Waals surface area contributed by atoms with Crippen molar-refractivity contribution in [1.29, 1.82) is 0 Å². The Morgan fingerprint density at radius 2 is 1.78 bits per heavy atom. The van der Waals surface area contributed by atoms with Crippen LogP contribution in [0.2, 0.25) is 0 Å². The van der Waals surface area contributed by atoms with Gasteiger partial charge in [-0.05, 0) is 61.4 Å². The zero-order valence-electron chi connectivity index (χ0n) is 26.9. The molecule has 0 bridgehead atoms. The minimum atomic E-state index is -1.13. The van der Waals surface area contributed by atoms with E-state index in [2.05, 4.69) is 20.9 Å². The van der Waals surface area contributed by atoms with Gasteiger partial charge in [0.05, 0.1) is 25.3 Å². The lowest BCUT2D eigenvalue weighted by atomic mass is 9.95. The van der Waals surface area contributed by atoms with Crippen LogP contribution < -0.4 is 20.7 Å². The zero-order valence-corrected chi connectivity index (χ0v) is 26.9. The molecule has 1 aliphatic rings. The van der Waals surface area contributed by atoms with Crippen molar-refractivity contribution < 1.29 is 38.2 Å². The van der Waals surface area contributed by atoms with Gasteiger partial charge in [0.25, 0.3) is 5.91 Å². The largest absolute Gasteiger partial charge is 0.496 e. The van der Waals surface area contributed by atoms with Crippen LogP contribution in [0.4, 0.5) is 0 Å². The molecular weight excluding hydrogens is 592 g/mol. The predicted octanol–water partition coefficient (Wildman–Crippen LogP) is 3.21. The first-order chi connectivity index (χ1) is 22.0. The number of carbonyl (C=O) groups excluding carboxylic acids is 5. The van der Waals surface area contributed by atoms with Gasteiger partial charge in [-0.3, -0.25) is 19.2 Å². The van der Waals surface area contributed by atoms with E-state index in [0.29, 0.717) is 40.9 Å². The Bertz CT molecular complexity index is 1600. The molecule has 46 heavy (non-hydrogen) atoms. The monoisotopic (exact) mass is 634 g/mol. The first kappa shape index (κ1) is 34.2. The molecule has 246 valence electrons. The summed E-state index contributed by atoms with van der Waals surface area (Å²) in [6.45, 7) is 5.61. The molecule has 0 unspecified atom stereocenters. The maximum atomic E-state index is 13.7. The number of hydrogen-bond donors (Lipinski definition) is 4. The lowest BCUT2D eigenvalue weighted by molar-refractivity contribution is -0.131. The highest BCUT2D eigenvalue weighted by molar-refractivity contribution is 6.02. The van der Waals surface area contributed by atoms with Crippen LogP contribution in [0.1, 0.15) is 65.1 Å². The number of aryl methyl sites for hydroxylation is 1. The van der Waals surface area contributed by atoms with Crippen molar-refractivity contribution >= 4 is 40.4 Å². The number of hydrogen-bond acceptors (Lipinski definition) is 8. The SMILES string of the molecule is COCc1cccc(C)c1C(=O)OCC(=O)[C@H](C[C@@H]1CCNC1=O)NC(=O)[C@H](CC(C)C)NC(=O)c1cc2c(OC)cccc2[nH]1. The highest BCUT2D eigenvalue weighted by Crippen LogP contribution is 2.26. The van der Waals surface area contributed by atoms with Gasteiger partial charge in [-0.15, -0.1) is 0 Å². The van der Waals surface area contributed by atoms with E-state index in [1.165, 1.54) is 7.11 Å². The molecule has 0 aliphatic carbocycles. The van der Waals surface area contributed by atoms with Crippen LogP contribution >= 0.6 is 0 Å². The molecule has 1 aromatic heterocycles. The number of ketones is 1. The number of rotatable bonds is 15. The van der Waals surface area contributed by atoms with Crippen LogP contribution in [0.15, 0.2) is 42.5 Å². The van der Waals surface area contributed by atoms with Crippen LogP contribution in [-0.2, 0) is 30.5 Å². The van der Waals surface area contributed by atoms with Gasteiger partial charge in [0.2, 0.25) is 11.8 Å². The average Bonchev–Trinajstić information content (AvgIpc) is 3.65. The van der Waals surface area contributed by atoms with Crippen LogP contribution in [-0.4, -0.2) is 73.9 Å². The maximum absolute atomic E-state index is 13.7. The van der Waals surface area contributed by atoms with Crippen LogP contribution in [0.3, 0.4) is 0 Å². The summed E-state index contributed by atoms with van der Waals surface area (Å²) >= 11 is 0. The summed E-state index contributed by atoms with van der Waals surface area (Å²) in [6.07, 6.45) is 0.811. The molecule has 1 fully saturated rings. The first-order valence-electron chi connectivity index (χ1n) is 15.3. The fourth-order valence-electron chi connectivity index (χ4n) is 5.67. The number of aromatic amines is 1. The van der Waals surface area contributed by atoms with Gasteiger partial charge in [0.1, 0.15) is 17.5 Å². The van der Waals surface area contributed by atoms with Crippen LogP contribution in [0.5, 0.6) is 5.75 Å². The number of nitrogens with one attached hydrogen (secondary N) is 4. The summed E-state index contributed by atoms with van der Waals surface area (Å²) in [4.78, 5) is 69.0. The van der Waals surface area contributed by atoms with Gasteiger partial charge in [-0.25, -0.2) is 4.79 Å². The van der Waals surface area contributed by atoms with E-state index >= 15 is 0 Å². The second-order valence-corrected chi connectivity index (χ2v) is 11.9. The van der Waals surface area contributed by atoms with E-state index in [4.69, 9.17) is 14.2 Å². The van der Waals surface area contributed by atoms with Gasteiger partial charge in [-0.1, -0.05) is 38.1 Å². The summed E-state index contributed by atoms with van der Waals surface area (Å²) in [6, 6.07) is 10.2. The van der Waals surface area contributed by atoms with Crippen molar-refractivity contribution in [2.45, 2.75) is 58.7 Å². The quantitative estimate of drug-likeness (QED) is 0.185. The molecule has 0 spiro atoms. The number of H-pyrrole nitrogens is 1. The Labute approximate surface area is 267 Å². The van der Waals surface area contributed by atoms with Crippen molar-refractivity contribution in [3.63, 3.8) is 0 Å². The van der Waals surface area contributed by atoms with Gasteiger partial charge in [-0.2, -0.15) is 0 Å². The third-order valence-electron chi connectivity index (χ3n) is 8.01. The number of fused-ring (bicyclic) bond motifs is 1.